The number of aliphatic hydroxyl groups excluding tert-OH is 1. The zero-order valence-electron chi connectivity index (χ0n) is 30.4. The van der Waals surface area contributed by atoms with Gasteiger partial charge in [-0.25, -0.2) is 0 Å². The van der Waals surface area contributed by atoms with Crippen LogP contribution in [0, 0.1) is 12.1 Å². The van der Waals surface area contributed by atoms with E-state index in [1.54, 1.807) is 6.20 Å². The van der Waals surface area contributed by atoms with Crippen LogP contribution in [0.2, 0.25) is 0 Å². The van der Waals surface area contributed by atoms with Crippen LogP contribution in [0.15, 0.2) is 176 Å². The molecular weight excluding hydrogens is 867 g/mol. The van der Waals surface area contributed by atoms with Gasteiger partial charge in [0.2, 0.25) is 0 Å². The van der Waals surface area contributed by atoms with Gasteiger partial charge < -0.3 is 15.3 Å². The first-order chi connectivity index (χ1) is 27.3. The van der Waals surface area contributed by atoms with Gasteiger partial charge in [0.1, 0.15) is 0 Å². The van der Waals surface area contributed by atoms with Crippen LogP contribution < -0.4 is 5.10 Å². The van der Waals surface area contributed by atoms with Crippen molar-refractivity contribution >= 4 is 43.4 Å². The molecule has 0 radical (unpaired) electrons. The largest absolute Gasteiger partial charge is 3.00 e. The quantitative estimate of drug-likeness (QED) is 0.132. The zero-order chi connectivity index (χ0) is 37.2. The first kappa shape index (κ1) is 37.9. The predicted molar refractivity (Wildman–Crippen MR) is 223 cm³/mol. The second-order valence-electron chi connectivity index (χ2n) is 12.9. The fourth-order valence-electron chi connectivity index (χ4n) is 6.66. The van der Waals surface area contributed by atoms with E-state index >= 15 is 0 Å². The number of rotatable bonds is 6. The molecule has 0 aliphatic rings. The number of aryl methyl sites for hydroxylation is 1. The van der Waals surface area contributed by atoms with E-state index < -0.39 is 0 Å². The van der Waals surface area contributed by atoms with E-state index in [1.807, 2.05) is 72.8 Å². The Labute approximate surface area is 339 Å². The monoisotopic (exact) mass is 903 g/mol. The molecule has 6 aromatic carbocycles. The van der Waals surface area contributed by atoms with E-state index in [1.165, 1.54) is 32.3 Å². The van der Waals surface area contributed by atoms with Crippen LogP contribution >= 0.6 is 0 Å². The number of benzene rings is 6. The molecule has 0 aliphatic heterocycles. The van der Waals surface area contributed by atoms with Gasteiger partial charge in [-0.3, -0.25) is 15.0 Å². The van der Waals surface area contributed by atoms with Crippen LogP contribution in [0.1, 0.15) is 12.1 Å². The van der Waals surface area contributed by atoms with E-state index in [9.17, 15) is 0 Å². The van der Waals surface area contributed by atoms with Gasteiger partial charge in [0.05, 0.1) is 11.0 Å². The van der Waals surface area contributed by atoms with Crippen molar-refractivity contribution in [2.45, 2.75) is 12.8 Å². The van der Waals surface area contributed by atoms with Gasteiger partial charge in [-0.1, -0.05) is 103 Å². The van der Waals surface area contributed by atoms with Crippen LogP contribution in [-0.4, -0.2) is 31.8 Å². The summed E-state index contributed by atoms with van der Waals surface area (Å²) in [6, 6.07) is 63.6. The van der Waals surface area contributed by atoms with Gasteiger partial charge in [0.15, 0.2) is 0 Å². The summed E-state index contributed by atoms with van der Waals surface area (Å²) in [6.45, 7) is 0.186. The van der Waals surface area contributed by atoms with Crippen molar-refractivity contribution in [3.05, 3.63) is 194 Å². The third kappa shape index (κ3) is 8.46. The van der Waals surface area contributed by atoms with Crippen LogP contribution in [0.5, 0.6) is 0 Å². The van der Waals surface area contributed by atoms with Crippen molar-refractivity contribution < 1.29 is 25.2 Å². The molecule has 4 heterocycles. The molecule has 0 bridgehead atoms. The zero-order valence-corrected chi connectivity index (χ0v) is 32.8. The molecule has 0 atom stereocenters. The number of nitrogens with zero attached hydrogens (tertiary/aromatic N) is 5. The first-order valence-electron chi connectivity index (χ1n) is 18.3. The van der Waals surface area contributed by atoms with E-state index in [-0.39, 0.29) is 26.7 Å². The molecule has 272 valence electrons. The van der Waals surface area contributed by atoms with E-state index in [2.05, 4.69) is 124 Å². The summed E-state index contributed by atoms with van der Waals surface area (Å²) >= 11 is 0. The third-order valence-electron chi connectivity index (χ3n) is 9.25. The molecule has 1 N–H and O–H groups in total. The standard InChI is InChI=1S/2C19H12N.C11H12N3O.Ir/c2*1-2-8-14(9-3-1)19-17-12-5-4-10-15(17)16-11-6-7-13-18(16)20-19;15-7-3-4-9-8-11(14-13-9)10-5-1-2-6-12-10;/h2*1-8,10-13H;1-2,5-6,8,15H,3-4,7H2;/q3*-1;+3. The second kappa shape index (κ2) is 18.3. The summed E-state index contributed by atoms with van der Waals surface area (Å²) in [5, 5.41) is 24.0. The number of aliphatic hydroxyl groups is 1. The molecule has 4 aromatic heterocycles. The molecule has 0 saturated carbocycles. The maximum atomic E-state index is 8.69. The van der Waals surface area contributed by atoms with Gasteiger partial charge in [0, 0.05) is 35.0 Å². The normalized spacial score (nSPS) is 10.7. The summed E-state index contributed by atoms with van der Waals surface area (Å²) in [5.74, 6) is 0. The Morgan fingerprint density at radius 1 is 0.518 bits per heavy atom. The Morgan fingerprint density at radius 3 is 1.48 bits per heavy atom. The van der Waals surface area contributed by atoms with Gasteiger partial charge in [-0.05, 0) is 70.0 Å². The van der Waals surface area contributed by atoms with E-state index in [0.29, 0.717) is 0 Å². The Kier molecular flexibility index (Phi) is 12.4. The van der Waals surface area contributed by atoms with Crippen LogP contribution in [0.3, 0.4) is 0 Å². The number of fused-ring (bicyclic) bond motifs is 6. The second-order valence-corrected chi connectivity index (χ2v) is 12.9. The SMILES string of the molecule is OCCCc1cc(-c2ccccn2)[n-]n1.[Ir+3].[c-]1ccccc1-c1nc2ccccc2c2ccccc12.[c-]1ccccc1-c1nc2ccccc2c2ccccc12. The van der Waals surface area contributed by atoms with Crippen LogP contribution in [-0.2, 0) is 26.5 Å². The molecule has 0 amide bonds. The van der Waals surface area contributed by atoms with Gasteiger partial charge in [0.25, 0.3) is 0 Å². The average Bonchev–Trinajstić information content (AvgIpc) is 3.76. The molecule has 0 saturated heterocycles. The minimum atomic E-state index is 0. The van der Waals surface area contributed by atoms with Crippen molar-refractivity contribution in [3.8, 4) is 33.9 Å². The molecule has 0 fully saturated rings. The Morgan fingerprint density at radius 2 is 1.00 bits per heavy atom. The molecule has 0 aliphatic carbocycles. The smallest absolute Gasteiger partial charge is 0.573 e. The molecule has 10 rings (SSSR count). The molecule has 6 nitrogen and oxygen atoms in total. The third-order valence-corrected chi connectivity index (χ3v) is 9.25. The number of hydrogen-bond donors (Lipinski definition) is 1. The van der Waals surface area contributed by atoms with Crippen molar-refractivity contribution in [1.29, 1.82) is 0 Å². The summed E-state index contributed by atoms with van der Waals surface area (Å²) in [6.07, 6.45) is 3.22. The Bertz CT molecular complexity index is 2660. The fraction of sp³-hybridized carbons (Fsp3) is 0.0612. The van der Waals surface area contributed by atoms with Gasteiger partial charge in [-0.2, -0.15) is 0 Å². The van der Waals surface area contributed by atoms with Crippen molar-refractivity contribution in [2.75, 3.05) is 6.61 Å². The Hall–Kier alpha value is -6.37. The molecular formula is C49H36IrN5O. The maximum absolute atomic E-state index is 8.69. The van der Waals surface area contributed by atoms with Gasteiger partial charge >= 0.3 is 20.1 Å². The minimum Gasteiger partial charge on any atom is -0.573 e. The number of pyridine rings is 3. The number of aromatic nitrogens is 5. The Balaban J connectivity index is 0.000000129. The minimum absolute atomic E-state index is 0. The van der Waals surface area contributed by atoms with Crippen molar-refractivity contribution in [1.82, 2.24) is 25.1 Å². The van der Waals surface area contributed by atoms with Crippen LogP contribution in [0.4, 0.5) is 0 Å². The van der Waals surface area contributed by atoms with Gasteiger partial charge in [-0.15, -0.1) is 71.8 Å². The molecule has 0 unspecified atom stereocenters. The number of hydrogen-bond acceptors (Lipinski definition) is 5. The van der Waals surface area contributed by atoms with Crippen molar-refractivity contribution in [3.63, 3.8) is 0 Å². The molecule has 7 heteroatoms. The van der Waals surface area contributed by atoms with E-state index in [0.717, 1.165) is 63.5 Å². The molecule has 56 heavy (non-hydrogen) atoms. The topological polar surface area (TPSA) is 85.9 Å². The fourth-order valence-corrected chi connectivity index (χ4v) is 6.66. The number of para-hydroxylation sites is 2. The summed E-state index contributed by atoms with van der Waals surface area (Å²) in [7, 11) is 0. The van der Waals surface area contributed by atoms with Crippen LogP contribution in [0.25, 0.3) is 77.3 Å². The molecule has 10 aromatic rings. The van der Waals surface area contributed by atoms with Crippen molar-refractivity contribution in [2.24, 2.45) is 0 Å². The predicted octanol–water partition coefficient (Wildman–Crippen LogP) is 10.7. The maximum Gasteiger partial charge on any atom is 3.00 e. The summed E-state index contributed by atoms with van der Waals surface area (Å²) < 4.78 is 0. The summed E-state index contributed by atoms with van der Waals surface area (Å²) in [5.41, 5.74) is 8.66. The average molecular weight is 903 g/mol. The first-order valence-corrected chi connectivity index (χ1v) is 18.3. The molecule has 0 spiro atoms. The van der Waals surface area contributed by atoms with E-state index in [4.69, 9.17) is 15.1 Å². The summed E-state index contributed by atoms with van der Waals surface area (Å²) in [4.78, 5) is 13.9.